The van der Waals surface area contributed by atoms with Gasteiger partial charge in [-0.1, -0.05) is 12.1 Å². The van der Waals surface area contributed by atoms with E-state index < -0.39 is 11.9 Å². The monoisotopic (exact) mass is 483 g/mol. The SMILES string of the molecule is CCOC(=O)c1c(N/C=C(/C#N)c2nc(-c3cccc(OC)c3)cs2)sc(C(=O)OC)c1C. The van der Waals surface area contributed by atoms with Crippen LogP contribution in [0.5, 0.6) is 5.75 Å². The first-order valence-corrected chi connectivity index (χ1v) is 11.5. The zero-order valence-corrected chi connectivity index (χ0v) is 20.1. The van der Waals surface area contributed by atoms with Crippen molar-refractivity contribution < 1.29 is 23.8 Å². The normalized spacial score (nSPS) is 10.9. The molecule has 3 rings (SSSR count). The van der Waals surface area contributed by atoms with Crippen molar-refractivity contribution in [1.82, 2.24) is 4.98 Å². The largest absolute Gasteiger partial charge is 0.497 e. The molecule has 0 bridgehead atoms. The molecule has 0 saturated heterocycles. The summed E-state index contributed by atoms with van der Waals surface area (Å²) in [7, 11) is 2.87. The van der Waals surface area contributed by atoms with Crippen molar-refractivity contribution in [3.63, 3.8) is 0 Å². The minimum atomic E-state index is -0.564. The van der Waals surface area contributed by atoms with Crippen LogP contribution in [0.4, 0.5) is 5.00 Å². The van der Waals surface area contributed by atoms with Gasteiger partial charge in [0.15, 0.2) is 0 Å². The number of benzene rings is 1. The number of thiophene rings is 1. The first-order valence-electron chi connectivity index (χ1n) is 9.79. The number of thiazole rings is 1. The number of rotatable bonds is 8. The minimum Gasteiger partial charge on any atom is -0.497 e. The Balaban J connectivity index is 1.93. The highest BCUT2D eigenvalue weighted by Crippen LogP contribution is 2.35. The highest BCUT2D eigenvalue weighted by Gasteiger charge is 2.26. The molecule has 0 amide bonds. The molecule has 3 aromatic rings. The van der Waals surface area contributed by atoms with E-state index in [9.17, 15) is 14.9 Å². The maximum Gasteiger partial charge on any atom is 0.348 e. The molecule has 8 nitrogen and oxygen atoms in total. The molecule has 0 saturated carbocycles. The van der Waals surface area contributed by atoms with Crippen LogP contribution in [0.15, 0.2) is 35.8 Å². The van der Waals surface area contributed by atoms with E-state index in [0.717, 1.165) is 16.9 Å². The van der Waals surface area contributed by atoms with Crippen LogP contribution in [0.3, 0.4) is 0 Å². The van der Waals surface area contributed by atoms with Gasteiger partial charge in [0.1, 0.15) is 32.3 Å². The molecule has 2 aromatic heterocycles. The van der Waals surface area contributed by atoms with Gasteiger partial charge in [-0.2, -0.15) is 5.26 Å². The van der Waals surface area contributed by atoms with Gasteiger partial charge < -0.3 is 19.5 Å². The highest BCUT2D eigenvalue weighted by atomic mass is 32.1. The third kappa shape index (κ3) is 5.22. The molecule has 0 radical (unpaired) electrons. The summed E-state index contributed by atoms with van der Waals surface area (Å²) in [6.07, 6.45) is 1.46. The summed E-state index contributed by atoms with van der Waals surface area (Å²) in [5, 5.41) is 15.4. The Morgan fingerprint density at radius 3 is 2.73 bits per heavy atom. The molecule has 0 aliphatic heterocycles. The number of methoxy groups -OCH3 is 2. The van der Waals surface area contributed by atoms with E-state index in [1.165, 1.54) is 24.6 Å². The molecule has 2 heterocycles. The Hall–Kier alpha value is -3.68. The van der Waals surface area contributed by atoms with E-state index in [1.807, 2.05) is 29.6 Å². The number of nitriles is 1. The smallest absolute Gasteiger partial charge is 0.348 e. The lowest BCUT2D eigenvalue weighted by Crippen LogP contribution is -2.08. The van der Waals surface area contributed by atoms with Crippen LogP contribution in [0.2, 0.25) is 0 Å². The van der Waals surface area contributed by atoms with Crippen molar-refractivity contribution in [3.8, 4) is 23.1 Å². The van der Waals surface area contributed by atoms with Gasteiger partial charge in [-0.05, 0) is 31.5 Å². The Kier molecular flexibility index (Phi) is 7.82. The fraction of sp³-hybridized carbons (Fsp3) is 0.217. The summed E-state index contributed by atoms with van der Waals surface area (Å²) in [5.41, 5.74) is 2.53. The van der Waals surface area contributed by atoms with E-state index in [4.69, 9.17) is 14.2 Å². The number of carbonyl (C=O) groups excluding carboxylic acids is 2. The quantitative estimate of drug-likeness (QED) is 0.347. The summed E-state index contributed by atoms with van der Waals surface area (Å²) in [5.74, 6) is -0.408. The first-order chi connectivity index (χ1) is 15.9. The molecular formula is C23H21N3O5S2. The van der Waals surface area contributed by atoms with Crippen LogP contribution < -0.4 is 10.1 Å². The number of nitrogens with zero attached hydrogens (tertiary/aromatic N) is 2. The molecule has 10 heteroatoms. The maximum absolute atomic E-state index is 12.5. The second kappa shape index (κ2) is 10.8. The Morgan fingerprint density at radius 1 is 1.27 bits per heavy atom. The van der Waals surface area contributed by atoms with Crippen molar-refractivity contribution in [1.29, 1.82) is 5.26 Å². The molecule has 170 valence electrons. The molecule has 0 aliphatic rings. The second-order valence-corrected chi connectivity index (χ2v) is 8.44. The fourth-order valence-electron chi connectivity index (χ4n) is 2.94. The number of nitrogens with one attached hydrogen (secondary N) is 1. The number of esters is 2. The van der Waals surface area contributed by atoms with E-state index in [-0.39, 0.29) is 22.6 Å². The van der Waals surface area contributed by atoms with E-state index >= 15 is 0 Å². The van der Waals surface area contributed by atoms with E-state index in [0.29, 0.717) is 27.0 Å². The number of allylic oxidation sites excluding steroid dienone is 1. The van der Waals surface area contributed by atoms with Crippen molar-refractivity contribution >= 4 is 45.2 Å². The van der Waals surface area contributed by atoms with Crippen LogP contribution in [0.25, 0.3) is 16.8 Å². The molecule has 0 fully saturated rings. The molecule has 33 heavy (non-hydrogen) atoms. The van der Waals surface area contributed by atoms with Crippen LogP contribution in [-0.4, -0.2) is 37.7 Å². The summed E-state index contributed by atoms with van der Waals surface area (Å²) < 4.78 is 15.2. The van der Waals surface area contributed by atoms with Crippen LogP contribution in [0.1, 0.15) is 37.5 Å². The number of anilines is 1. The van der Waals surface area contributed by atoms with Gasteiger partial charge >= 0.3 is 11.9 Å². The summed E-state index contributed by atoms with van der Waals surface area (Å²) in [6.45, 7) is 3.53. The molecule has 0 atom stereocenters. The van der Waals surface area contributed by atoms with Gasteiger partial charge in [-0.3, -0.25) is 0 Å². The average Bonchev–Trinajstić information content (AvgIpc) is 3.44. The molecule has 0 aliphatic carbocycles. The van der Waals surface area contributed by atoms with Crippen LogP contribution >= 0.6 is 22.7 Å². The average molecular weight is 484 g/mol. The van der Waals surface area contributed by atoms with Gasteiger partial charge in [-0.25, -0.2) is 14.6 Å². The van der Waals surface area contributed by atoms with Crippen molar-refractivity contribution in [2.75, 3.05) is 26.1 Å². The number of hydrogen-bond acceptors (Lipinski definition) is 10. The molecular weight excluding hydrogens is 462 g/mol. The summed E-state index contributed by atoms with van der Waals surface area (Å²) >= 11 is 2.37. The van der Waals surface area contributed by atoms with Gasteiger partial charge in [0, 0.05) is 17.1 Å². The number of ether oxygens (including phenoxy) is 3. The first kappa shape index (κ1) is 24.0. The summed E-state index contributed by atoms with van der Waals surface area (Å²) in [6, 6.07) is 9.60. The molecule has 1 N–H and O–H groups in total. The van der Waals surface area contributed by atoms with Crippen LogP contribution in [0, 0.1) is 18.3 Å². The number of carbonyl (C=O) groups is 2. The van der Waals surface area contributed by atoms with E-state index in [1.54, 1.807) is 21.0 Å². The third-order valence-electron chi connectivity index (χ3n) is 4.57. The lowest BCUT2D eigenvalue weighted by atomic mass is 10.1. The standard InChI is InChI=1S/C23H21N3O5S2/c1-5-31-22(27)18-13(2)19(23(28)30-4)33-21(18)25-11-15(10-24)20-26-17(12-32-20)14-7-6-8-16(9-14)29-3/h6-9,11-12,25H,5H2,1-4H3/b15-11-. The van der Waals surface area contributed by atoms with E-state index in [2.05, 4.69) is 16.4 Å². The predicted molar refractivity (Wildman–Crippen MR) is 128 cm³/mol. The fourth-order valence-corrected chi connectivity index (χ4v) is 4.82. The Morgan fingerprint density at radius 2 is 2.06 bits per heavy atom. The highest BCUT2D eigenvalue weighted by molar-refractivity contribution is 7.18. The molecule has 0 spiro atoms. The van der Waals surface area contributed by atoms with Crippen molar-refractivity contribution in [2.24, 2.45) is 0 Å². The topological polar surface area (TPSA) is 111 Å². The van der Waals surface area contributed by atoms with Gasteiger partial charge in [0.25, 0.3) is 0 Å². The number of aromatic nitrogens is 1. The van der Waals surface area contributed by atoms with Crippen LogP contribution in [-0.2, 0) is 9.47 Å². The van der Waals surface area contributed by atoms with Crippen molar-refractivity contribution in [2.45, 2.75) is 13.8 Å². The second-order valence-electron chi connectivity index (χ2n) is 6.56. The number of hydrogen-bond donors (Lipinski definition) is 1. The zero-order chi connectivity index (χ0) is 24.0. The third-order valence-corrected chi connectivity index (χ3v) is 6.64. The molecule has 0 unspecified atom stereocenters. The Bertz CT molecular complexity index is 1250. The lowest BCUT2D eigenvalue weighted by molar-refractivity contribution is 0.0527. The molecule has 1 aromatic carbocycles. The van der Waals surface area contributed by atoms with Gasteiger partial charge in [0.05, 0.1) is 32.1 Å². The zero-order valence-electron chi connectivity index (χ0n) is 18.4. The maximum atomic E-state index is 12.5. The van der Waals surface area contributed by atoms with Crippen molar-refractivity contribution in [3.05, 3.63) is 56.9 Å². The minimum absolute atomic E-state index is 0.187. The Labute approximate surface area is 199 Å². The van der Waals surface area contributed by atoms with Gasteiger partial charge in [0.2, 0.25) is 0 Å². The van der Waals surface area contributed by atoms with Gasteiger partial charge in [-0.15, -0.1) is 22.7 Å². The lowest BCUT2D eigenvalue weighted by Gasteiger charge is -2.05. The summed E-state index contributed by atoms with van der Waals surface area (Å²) in [4.78, 5) is 29.4. The predicted octanol–water partition coefficient (Wildman–Crippen LogP) is 5.13.